The highest BCUT2D eigenvalue weighted by Crippen LogP contribution is 2.44. The van der Waals surface area contributed by atoms with Crippen molar-refractivity contribution in [1.82, 2.24) is 0 Å². The molecule has 0 fully saturated rings. The standard InChI is InChI=1S/C13H22N2O4S/c1-5-15(7-8-17-3)12-10(18-4)9(14)11(20-12)13(16)19-6-2/h5-8,14H2,1-4H3. The van der Waals surface area contributed by atoms with Gasteiger partial charge in [0.05, 0.1) is 20.3 Å². The summed E-state index contributed by atoms with van der Waals surface area (Å²) in [4.78, 5) is 14.3. The molecule has 1 aromatic rings. The molecule has 0 aliphatic rings. The predicted molar refractivity (Wildman–Crippen MR) is 81.0 cm³/mol. The van der Waals surface area contributed by atoms with Crippen LogP contribution in [0.1, 0.15) is 23.5 Å². The summed E-state index contributed by atoms with van der Waals surface area (Å²) in [5.41, 5.74) is 6.33. The first-order valence-electron chi connectivity index (χ1n) is 6.47. The van der Waals surface area contributed by atoms with Crippen LogP contribution in [0.15, 0.2) is 0 Å². The molecule has 0 aliphatic carbocycles. The van der Waals surface area contributed by atoms with Crippen LogP contribution in [0.4, 0.5) is 10.7 Å². The largest absolute Gasteiger partial charge is 0.492 e. The lowest BCUT2D eigenvalue weighted by atomic mass is 10.3. The SMILES string of the molecule is CCOC(=O)c1sc(N(CC)CCOC)c(OC)c1N. The Morgan fingerprint density at radius 3 is 2.55 bits per heavy atom. The van der Waals surface area contributed by atoms with Gasteiger partial charge in [0.2, 0.25) is 0 Å². The number of rotatable bonds is 8. The number of methoxy groups -OCH3 is 2. The molecule has 114 valence electrons. The van der Waals surface area contributed by atoms with Gasteiger partial charge in [0, 0.05) is 20.2 Å². The van der Waals surface area contributed by atoms with Gasteiger partial charge in [0.25, 0.3) is 0 Å². The lowest BCUT2D eigenvalue weighted by Gasteiger charge is -2.21. The van der Waals surface area contributed by atoms with Gasteiger partial charge in [-0.1, -0.05) is 0 Å². The van der Waals surface area contributed by atoms with Gasteiger partial charge < -0.3 is 24.8 Å². The fraction of sp³-hybridized carbons (Fsp3) is 0.615. The van der Waals surface area contributed by atoms with E-state index in [0.717, 1.165) is 11.5 Å². The summed E-state index contributed by atoms with van der Waals surface area (Å²) in [5.74, 6) is 0.110. The Morgan fingerprint density at radius 1 is 1.35 bits per heavy atom. The highest BCUT2D eigenvalue weighted by molar-refractivity contribution is 7.19. The topological polar surface area (TPSA) is 74.0 Å². The molecular weight excluding hydrogens is 280 g/mol. The molecule has 7 heteroatoms. The summed E-state index contributed by atoms with van der Waals surface area (Å²) in [6.07, 6.45) is 0. The molecule has 0 saturated heterocycles. The van der Waals surface area contributed by atoms with Crippen LogP contribution in [0.25, 0.3) is 0 Å². The number of carbonyl (C=O) groups is 1. The first kappa shape index (κ1) is 16.6. The molecule has 0 spiro atoms. The van der Waals surface area contributed by atoms with E-state index in [2.05, 4.69) is 4.90 Å². The smallest absolute Gasteiger partial charge is 0.350 e. The number of nitrogens with zero attached hydrogens (tertiary/aromatic N) is 1. The zero-order valence-electron chi connectivity index (χ0n) is 12.4. The van der Waals surface area contributed by atoms with Gasteiger partial charge in [0.1, 0.15) is 15.6 Å². The minimum absolute atomic E-state index is 0.314. The van der Waals surface area contributed by atoms with E-state index in [1.165, 1.54) is 11.3 Å². The molecule has 20 heavy (non-hydrogen) atoms. The fourth-order valence-electron chi connectivity index (χ4n) is 1.77. The third-order valence-corrected chi connectivity index (χ3v) is 4.01. The van der Waals surface area contributed by atoms with E-state index in [1.807, 2.05) is 6.92 Å². The lowest BCUT2D eigenvalue weighted by molar-refractivity contribution is 0.0533. The molecule has 0 radical (unpaired) electrons. The zero-order valence-corrected chi connectivity index (χ0v) is 13.2. The van der Waals surface area contributed by atoms with Crippen molar-refractivity contribution >= 4 is 28.0 Å². The van der Waals surface area contributed by atoms with E-state index in [9.17, 15) is 4.79 Å². The Bertz CT molecular complexity index is 448. The van der Waals surface area contributed by atoms with E-state index >= 15 is 0 Å². The molecule has 0 atom stereocenters. The number of likely N-dealkylation sites (N-methyl/N-ethyl adjacent to an activating group) is 1. The van der Waals surface area contributed by atoms with Crippen LogP contribution in [0, 0.1) is 0 Å². The highest BCUT2D eigenvalue weighted by atomic mass is 32.1. The monoisotopic (exact) mass is 302 g/mol. The second kappa shape index (κ2) is 7.96. The number of hydrogen-bond donors (Lipinski definition) is 1. The first-order chi connectivity index (χ1) is 9.60. The first-order valence-corrected chi connectivity index (χ1v) is 7.29. The summed E-state index contributed by atoms with van der Waals surface area (Å²) in [6, 6.07) is 0. The van der Waals surface area contributed by atoms with Gasteiger partial charge in [-0.05, 0) is 13.8 Å². The molecule has 0 amide bonds. The molecule has 6 nitrogen and oxygen atoms in total. The van der Waals surface area contributed by atoms with Crippen molar-refractivity contribution in [1.29, 1.82) is 0 Å². The predicted octanol–water partition coefficient (Wildman–Crippen LogP) is 1.99. The van der Waals surface area contributed by atoms with E-state index in [1.54, 1.807) is 21.1 Å². The Kier molecular flexibility index (Phi) is 6.60. The van der Waals surface area contributed by atoms with Crippen molar-refractivity contribution in [3.8, 4) is 5.75 Å². The third kappa shape index (κ3) is 3.55. The van der Waals surface area contributed by atoms with Gasteiger partial charge in [-0.3, -0.25) is 0 Å². The second-order valence-electron chi connectivity index (χ2n) is 3.98. The minimum atomic E-state index is -0.414. The van der Waals surface area contributed by atoms with Crippen molar-refractivity contribution in [3.63, 3.8) is 0 Å². The van der Waals surface area contributed by atoms with E-state index < -0.39 is 5.97 Å². The van der Waals surface area contributed by atoms with E-state index in [0.29, 0.717) is 36.1 Å². The summed E-state index contributed by atoms with van der Waals surface area (Å²) < 4.78 is 15.4. The molecule has 0 aromatic carbocycles. The maximum Gasteiger partial charge on any atom is 0.350 e. The normalized spacial score (nSPS) is 10.4. The zero-order chi connectivity index (χ0) is 15.1. The third-order valence-electron chi connectivity index (χ3n) is 2.78. The Balaban J connectivity index is 3.11. The molecule has 0 bridgehead atoms. The molecule has 2 N–H and O–H groups in total. The van der Waals surface area contributed by atoms with Crippen molar-refractivity contribution in [2.24, 2.45) is 0 Å². The van der Waals surface area contributed by atoms with Crippen molar-refractivity contribution in [2.45, 2.75) is 13.8 Å². The van der Waals surface area contributed by atoms with E-state index in [-0.39, 0.29) is 0 Å². The average Bonchev–Trinajstić information content (AvgIpc) is 2.77. The number of carbonyl (C=O) groups excluding carboxylic acids is 1. The molecule has 0 saturated carbocycles. The molecule has 1 aromatic heterocycles. The van der Waals surface area contributed by atoms with Crippen LogP contribution in [-0.4, -0.2) is 46.5 Å². The minimum Gasteiger partial charge on any atom is -0.492 e. The average molecular weight is 302 g/mol. The number of nitrogen functional groups attached to an aromatic ring is 1. The maximum atomic E-state index is 11.9. The summed E-state index contributed by atoms with van der Waals surface area (Å²) in [6.45, 7) is 6.15. The Labute approximate surface area is 123 Å². The summed E-state index contributed by atoms with van der Waals surface area (Å²) in [5, 5.41) is 0.826. The summed E-state index contributed by atoms with van der Waals surface area (Å²) in [7, 11) is 3.19. The number of esters is 1. The molecule has 0 aliphatic heterocycles. The molecule has 1 rings (SSSR count). The van der Waals surface area contributed by atoms with Crippen LogP contribution >= 0.6 is 11.3 Å². The second-order valence-corrected chi connectivity index (χ2v) is 4.98. The van der Waals surface area contributed by atoms with Gasteiger partial charge in [-0.25, -0.2) is 4.79 Å². The van der Waals surface area contributed by atoms with E-state index in [4.69, 9.17) is 19.9 Å². The number of hydrogen-bond acceptors (Lipinski definition) is 7. The fourth-order valence-corrected chi connectivity index (χ4v) is 2.95. The lowest BCUT2D eigenvalue weighted by Crippen LogP contribution is -2.26. The number of thiophene rings is 1. The van der Waals surface area contributed by atoms with Crippen LogP contribution in [0.3, 0.4) is 0 Å². The number of anilines is 2. The maximum absolute atomic E-state index is 11.9. The van der Waals surface area contributed by atoms with Gasteiger partial charge in [0.15, 0.2) is 5.75 Å². The van der Waals surface area contributed by atoms with Crippen molar-refractivity contribution in [2.75, 3.05) is 51.2 Å². The van der Waals surface area contributed by atoms with Gasteiger partial charge >= 0.3 is 5.97 Å². The van der Waals surface area contributed by atoms with Crippen molar-refractivity contribution in [3.05, 3.63) is 4.88 Å². The van der Waals surface area contributed by atoms with Crippen LogP contribution < -0.4 is 15.4 Å². The number of nitrogens with two attached hydrogens (primary N) is 1. The van der Waals surface area contributed by atoms with Crippen LogP contribution in [0.5, 0.6) is 5.75 Å². The van der Waals surface area contributed by atoms with Gasteiger partial charge in [-0.15, -0.1) is 11.3 Å². The quantitative estimate of drug-likeness (QED) is 0.740. The van der Waals surface area contributed by atoms with Crippen molar-refractivity contribution < 1.29 is 19.0 Å². The highest BCUT2D eigenvalue weighted by Gasteiger charge is 2.25. The molecule has 1 heterocycles. The molecule has 0 unspecified atom stereocenters. The van der Waals surface area contributed by atoms with Crippen LogP contribution in [0.2, 0.25) is 0 Å². The van der Waals surface area contributed by atoms with Crippen LogP contribution in [-0.2, 0) is 9.47 Å². The van der Waals surface area contributed by atoms with Gasteiger partial charge in [-0.2, -0.15) is 0 Å². The number of ether oxygens (including phenoxy) is 3. The molecular formula is C13H22N2O4S. The summed E-state index contributed by atoms with van der Waals surface area (Å²) >= 11 is 1.29. The Morgan fingerprint density at radius 2 is 2.05 bits per heavy atom. The Hall–Kier alpha value is -1.47.